The van der Waals surface area contributed by atoms with E-state index in [2.05, 4.69) is 0 Å². The lowest BCUT2D eigenvalue weighted by Gasteiger charge is -2.24. The quantitative estimate of drug-likeness (QED) is 0.733. The summed E-state index contributed by atoms with van der Waals surface area (Å²) in [5.74, 6) is -0.771. The fourth-order valence-electron chi connectivity index (χ4n) is 3.11. The summed E-state index contributed by atoms with van der Waals surface area (Å²) in [5.41, 5.74) is 0.936. The average Bonchev–Trinajstić information content (AvgIpc) is 2.87. The maximum absolute atomic E-state index is 12.8. The molecule has 7 heteroatoms. The summed E-state index contributed by atoms with van der Waals surface area (Å²) in [6.45, 7) is 2.44. The molecule has 0 fully saturated rings. The van der Waals surface area contributed by atoms with Gasteiger partial charge in [-0.3, -0.25) is 9.59 Å². The molecule has 0 atom stereocenters. The molecule has 0 spiro atoms. The van der Waals surface area contributed by atoms with Gasteiger partial charge in [0.25, 0.3) is 15.9 Å². The van der Waals surface area contributed by atoms with Gasteiger partial charge in [0.1, 0.15) is 4.90 Å². The van der Waals surface area contributed by atoms with Crippen molar-refractivity contribution in [1.82, 2.24) is 4.31 Å². The zero-order valence-electron chi connectivity index (χ0n) is 15.2. The SMILES string of the molecule is CCCCN(C(=O)CCN1C(=O)c2ccccc2S1(=O)=O)c1ccccc1. The van der Waals surface area contributed by atoms with Gasteiger partial charge in [-0.05, 0) is 30.7 Å². The van der Waals surface area contributed by atoms with Gasteiger partial charge < -0.3 is 4.90 Å². The molecule has 1 aliphatic rings. The number of para-hydroxylation sites is 1. The third-order valence-electron chi connectivity index (χ3n) is 4.54. The van der Waals surface area contributed by atoms with E-state index in [0.717, 1.165) is 22.8 Å². The zero-order chi connectivity index (χ0) is 19.4. The predicted molar refractivity (Wildman–Crippen MR) is 103 cm³/mol. The maximum Gasteiger partial charge on any atom is 0.269 e. The van der Waals surface area contributed by atoms with Crippen molar-refractivity contribution < 1.29 is 18.0 Å². The Balaban J connectivity index is 1.75. The lowest BCUT2D eigenvalue weighted by Crippen LogP contribution is -2.37. The fraction of sp³-hybridized carbons (Fsp3) is 0.300. The molecule has 6 nitrogen and oxygen atoms in total. The van der Waals surface area contributed by atoms with E-state index in [4.69, 9.17) is 0 Å². The van der Waals surface area contributed by atoms with Crippen molar-refractivity contribution in [2.24, 2.45) is 0 Å². The molecule has 0 N–H and O–H groups in total. The summed E-state index contributed by atoms with van der Waals surface area (Å²) in [6, 6.07) is 15.4. The van der Waals surface area contributed by atoms with Gasteiger partial charge in [0.15, 0.2) is 0 Å². The molecule has 2 aromatic rings. The van der Waals surface area contributed by atoms with Crippen LogP contribution in [0.15, 0.2) is 59.5 Å². The predicted octanol–water partition coefficient (Wildman–Crippen LogP) is 3.05. The Morgan fingerprint density at radius 3 is 2.37 bits per heavy atom. The number of fused-ring (bicyclic) bond motifs is 1. The lowest BCUT2D eigenvalue weighted by molar-refractivity contribution is -0.118. The second-order valence-electron chi connectivity index (χ2n) is 6.36. The van der Waals surface area contributed by atoms with Crippen LogP contribution in [0.2, 0.25) is 0 Å². The number of nitrogens with zero attached hydrogens (tertiary/aromatic N) is 2. The normalized spacial score (nSPS) is 14.9. The van der Waals surface area contributed by atoms with Crippen molar-refractivity contribution in [1.29, 1.82) is 0 Å². The monoisotopic (exact) mass is 386 g/mol. The molecule has 2 amide bonds. The Bertz CT molecular complexity index is 941. The molecule has 3 rings (SSSR count). The molecule has 0 saturated carbocycles. The largest absolute Gasteiger partial charge is 0.312 e. The van der Waals surface area contributed by atoms with Crippen LogP contribution >= 0.6 is 0 Å². The molecule has 27 heavy (non-hydrogen) atoms. The maximum atomic E-state index is 12.8. The summed E-state index contributed by atoms with van der Waals surface area (Å²) in [7, 11) is -3.89. The summed E-state index contributed by atoms with van der Waals surface area (Å²) in [5, 5.41) is 0. The van der Waals surface area contributed by atoms with Crippen LogP contribution < -0.4 is 4.90 Å². The van der Waals surface area contributed by atoms with Crippen LogP contribution in [0, 0.1) is 0 Å². The topological polar surface area (TPSA) is 74.8 Å². The number of carbonyl (C=O) groups is 2. The average molecular weight is 386 g/mol. The number of hydrogen-bond acceptors (Lipinski definition) is 4. The van der Waals surface area contributed by atoms with Crippen molar-refractivity contribution in [2.75, 3.05) is 18.0 Å². The number of anilines is 1. The standard InChI is InChI=1S/C20H22N2O4S/c1-2-3-14-21(16-9-5-4-6-10-16)19(23)13-15-22-20(24)17-11-7-8-12-18(17)27(22,25)26/h4-12H,2-3,13-15H2,1H3. The summed E-state index contributed by atoms with van der Waals surface area (Å²) >= 11 is 0. The molecule has 0 bridgehead atoms. The van der Waals surface area contributed by atoms with Crippen LogP contribution in [0.1, 0.15) is 36.5 Å². The zero-order valence-corrected chi connectivity index (χ0v) is 16.0. The Kier molecular flexibility index (Phi) is 5.60. The Labute approximate surface area is 159 Å². The number of amides is 2. The van der Waals surface area contributed by atoms with Crippen molar-refractivity contribution in [3.63, 3.8) is 0 Å². The van der Waals surface area contributed by atoms with Crippen LogP contribution in [-0.2, 0) is 14.8 Å². The van der Waals surface area contributed by atoms with Gasteiger partial charge in [0, 0.05) is 25.2 Å². The minimum atomic E-state index is -3.89. The van der Waals surface area contributed by atoms with Crippen LogP contribution in [0.25, 0.3) is 0 Å². The molecular formula is C20H22N2O4S. The van der Waals surface area contributed by atoms with E-state index >= 15 is 0 Å². The highest BCUT2D eigenvalue weighted by molar-refractivity contribution is 7.90. The molecule has 2 aromatic carbocycles. The van der Waals surface area contributed by atoms with Gasteiger partial charge in [0.05, 0.1) is 5.56 Å². The first-order chi connectivity index (χ1) is 13.0. The first-order valence-electron chi connectivity index (χ1n) is 8.98. The van der Waals surface area contributed by atoms with E-state index in [-0.39, 0.29) is 29.3 Å². The Morgan fingerprint density at radius 1 is 1.04 bits per heavy atom. The first-order valence-corrected chi connectivity index (χ1v) is 10.4. The van der Waals surface area contributed by atoms with E-state index in [0.29, 0.717) is 6.54 Å². The molecule has 1 heterocycles. The highest BCUT2D eigenvalue weighted by Gasteiger charge is 2.40. The van der Waals surface area contributed by atoms with Crippen molar-refractivity contribution >= 4 is 27.5 Å². The van der Waals surface area contributed by atoms with E-state index in [1.165, 1.54) is 12.1 Å². The number of rotatable bonds is 7. The van der Waals surface area contributed by atoms with Crippen molar-refractivity contribution in [3.8, 4) is 0 Å². The van der Waals surface area contributed by atoms with Gasteiger partial charge in [-0.25, -0.2) is 12.7 Å². The summed E-state index contributed by atoms with van der Waals surface area (Å²) in [4.78, 5) is 26.9. The Hall–Kier alpha value is -2.67. The molecule has 0 radical (unpaired) electrons. The molecule has 0 aliphatic carbocycles. The van der Waals surface area contributed by atoms with Gasteiger partial charge in [-0.15, -0.1) is 0 Å². The van der Waals surface area contributed by atoms with Crippen molar-refractivity contribution in [3.05, 3.63) is 60.2 Å². The van der Waals surface area contributed by atoms with Crippen molar-refractivity contribution in [2.45, 2.75) is 31.1 Å². The van der Waals surface area contributed by atoms with Crippen LogP contribution in [0.3, 0.4) is 0 Å². The van der Waals surface area contributed by atoms with Gasteiger partial charge >= 0.3 is 0 Å². The van der Waals surface area contributed by atoms with Crippen LogP contribution in [0.5, 0.6) is 0 Å². The summed E-state index contributed by atoms with van der Waals surface area (Å²) in [6.07, 6.45) is 1.72. The number of carbonyl (C=O) groups excluding carboxylic acids is 2. The van der Waals surface area contributed by atoms with Gasteiger partial charge in [-0.2, -0.15) is 0 Å². The van der Waals surface area contributed by atoms with Gasteiger partial charge in [-0.1, -0.05) is 43.7 Å². The van der Waals surface area contributed by atoms with Gasteiger partial charge in [0.2, 0.25) is 5.91 Å². The number of unbranched alkanes of at least 4 members (excludes halogenated alkanes) is 1. The smallest absolute Gasteiger partial charge is 0.269 e. The fourth-order valence-corrected chi connectivity index (χ4v) is 4.68. The third-order valence-corrected chi connectivity index (χ3v) is 6.39. The number of sulfonamides is 1. The molecule has 0 unspecified atom stereocenters. The summed E-state index contributed by atoms with van der Waals surface area (Å²) < 4.78 is 26.0. The number of benzene rings is 2. The second-order valence-corrected chi connectivity index (χ2v) is 8.19. The first kappa shape index (κ1) is 19.1. The molecule has 142 valence electrons. The third kappa shape index (κ3) is 3.73. The van der Waals surface area contributed by atoms with Crippen LogP contribution in [0.4, 0.5) is 5.69 Å². The number of hydrogen-bond donors (Lipinski definition) is 0. The highest BCUT2D eigenvalue weighted by atomic mass is 32.2. The Morgan fingerprint density at radius 2 is 1.70 bits per heavy atom. The molecule has 0 aromatic heterocycles. The van der Waals surface area contributed by atoms with E-state index in [1.54, 1.807) is 17.0 Å². The lowest BCUT2D eigenvalue weighted by atomic mass is 10.2. The van der Waals surface area contributed by atoms with E-state index < -0.39 is 15.9 Å². The second kappa shape index (κ2) is 7.92. The van der Waals surface area contributed by atoms with Crippen LogP contribution in [-0.4, -0.2) is 37.6 Å². The molecule has 1 aliphatic heterocycles. The van der Waals surface area contributed by atoms with E-state index in [9.17, 15) is 18.0 Å². The highest BCUT2D eigenvalue weighted by Crippen LogP contribution is 2.30. The minimum Gasteiger partial charge on any atom is -0.312 e. The molecule has 0 saturated heterocycles. The minimum absolute atomic E-state index is 0.00773. The van der Waals surface area contributed by atoms with E-state index in [1.807, 2.05) is 37.3 Å². The molecular weight excluding hydrogens is 364 g/mol.